The summed E-state index contributed by atoms with van der Waals surface area (Å²) in [5, 5.41) is 15.8. The zero-order valence-electron chi connectivity index (χ0n) is 8.87. The number of hydrogen-bond donors (Lipinski definition) is 2. The Bertz CT molecular complexity index is 354. The molecular formula is C10H15F2N3O. The molecule has 0 aromatic carbocycles. The number of rotatable bonds is 4. The number of aliphatic hydroxyl groups excluding tert-OH is 1. The minimum atomic E-state index is -2.38. The number of aromatic nitrogens is 2. The highest BCUT2D eigenvalue weighted by molar-refractivity contribution is 5.45. The number of fused-ring (bicyclic) bond motifs is 1. The van der Waals surface area contributed by atoms with Crippen LogP contribution in [-0.4, -0.2) is 34.5 Å². The summed E-state index contributed by atoms with van der Waals surface area (Å²) in [6.45, 7) is 0.649. The highest BCUT2D eigenvalue weighted by Crippen LogP contribution is 2.30. The van der Waals surface area contributed by atoms with Crippen molar-refractivity contribution in [1.29, 1.82) is 0 Å². The standard InChI is InChI=1S/C10H15F2N3O/c11-9(12)8-3-4-13-10-7(2-1-5-16)6-14-15(8)10/h6,8-9,13,16H,1-5H2. The summed E-state index contributed by atoms with van der Waals surface area (Å²) in [4.78, 5) is 0. The van der Waals surface area contributed by atoms with Gasteiger partial charge in [0, 0.05) is 18.7 Å². The summed E-state index contributed by atoms with van der Waals surface area (Å²) >= 11 is 0. The van der Waals surface area contributed by atoms with Gasteiger partial charge in [-0.2, -0.15) is 5.10 Å². The first-order valence-electron chi connectivity index (χ1n) is 5.43. The fourth-order valence-electron chi connectivity index (χ4n) is 1.99. The molecule has 0 saturated carbocycles. The lowest BCUT2D eigenvalue weighted by Gasteiger charge is -2.25. The van der Waals surface area contributed by atoms with E-state index in [0.29, 0.717) is 31.6 Å². The molecule has 0 fully saturated rings. The smallest absolute Gasteiger partial charge is 0.260 e. The van der Waals surface area contributed by atoms with Crippen LogP contribution in [0.3, 0.4) is 0 Å². The third-order valence-electron chi connectivity index (χ3n) is 2.81. The molecule has 6 heteroatoms. The molecule has 2 heterocycles. The second-order valence-corrected chi connectivity index (χ2v) is 3.91. The molecule has 0 aliphatic carbocycles. The Labute approximate surface area is 92.3 Å². The van der Waals surface area contributed by atoms with Crippen LogP contribution in [0.4, 0.5) is 14.6 Å². The first-order chi connectivity index (χ1) is 7.74. The van der Waals surface area contributed by atoms with Crippen LogP contribution in [0, 0.1) is 0 Å². The maximum Gasteiger partial charge on any atom is 0.260 e. The maximum absolute atomic E-state index is 12.7. The van der Waals surface area contributed by atoms with Crippen molar-refractivity contribution in [3.8, 4) is 0 Å². The van der Waals surface area contributed by atoms with Gasteiger partial charge < -0.3 is 10.4 Å². The van der Waals surface area contributed by atoms with E-state index in [1.807, 2.05) is 0 Å². The van der Waals surface area contributed by atoms with E-state index in [1.165, 1.54) is 4.68 Å². The number of hydrogen-bond acceptors (Lipinski definition) is 3. The molecular weight excluding hydrogens is 216 g/mol. The van der Waals surface area contributed by atoms with Crippen molar-refractivity contribution in [2.75, 3.05) is 18.5 Å². The van der Waals surface area contributed by atoms with Gasteiger partial charge in [0.2, 0.25) is 0 Å². The molecule has 0 amide bonds. The molecule has 1 aromatic rings. The van der Waals surface area contributed by atoms with Crippen molar-refractivity contribution in [2.45, 2.75) is 31.7 Å². The summed E-state index contributed by atoms with van der Waals surface area (Å²) in [5.41, 5.74) is 0.902. The van der Waals surface area contributed by atoms with Crippen LogP contribution in [-0.2, 0) is 6.42 Å². The lowest BCUT2D eigenvalue weighted by molar-refractivity contribution is 0.0715. The van der Waals surface area contributed by atoms with Crippen molar-refractivity contribution in [2.24, 2.45) is 0 Å². The van der Waals surface area contributed by atoms with Crippen molar-refractivity contribution in [3.05, 3.63) is 11.8 Å². The van der Waals surface area contributed by atoms with E-state index in [1.54, 1.807) is 6.20 Å². The van der Waals surface area contributed by atoms with Crippen LogP contribution < -0.4 is 5.32 Å². The Morgan fingerprint density at radius 2 is 2.44 bits per heavy atom. The number of aryl methyl sites for hydroxylation is 1. The molecule has 0 saturated heterocycles. The number of halogens is 2. The van der Waals surface area contributed by atoms with E-state index < -0.39 is 12.5 Å². The molecule has 2 N–H and O–H groups in total. The molecule has 1 aliphatic rings. The topological polar surface area (TPSA) is 50.1 Å². The van der Waals surface area contributed by atoms with Crippen molar-refractivity contribution in [3.63, 3.8) is 0 Å². The normalized spacial score (nSPS) is 19.6. The van der Waals surface area contributed by atoms with Gasteiger partial charge in [-0.1, -0.05) is 0 Å². The first-order valence-corrected chi connectivity index (χ1v) is 5.43. The van der Waals surface area contributed by atoms with E-state index in [9.17, 15) is 8.78 Å². The van der Waals surface area contributed by atoms with Gasteiger partial charge in [0.15, 0.2) is 0 Å². The van der Waals surface area contributed by atoms with E-state index >= 15 is 0 Å². The molecule has 1 aromatic heterocycles. The van der Waals surface area contributed by atoms with Crippen LogP contribution in [0.2, 0.25) is 0 Å². The largest absolute Gasteiger partial charge is 0.396 e. The number of alkyl halides is 2. The van der Waals surface area contributed by atoms with Gasteiger partial charge in [-0.05, 0) is 19.3 Å². The van der Waals surface area contributed by atoms with Gasteiger partial charge >= 0.3 is 0 Å². The average molecular weight is 231 g/mol. The summed E-state index contributed by atoms with van der Waals surface area (Å²) < 4.78 is 26.8. The highest BCUT2D eigenvalue weighted by atomic mass is 19.3. The number of anilines is 1. The van der Waals surface area contributed by atoms with Crippen LogP contribution >= 0.6 is 0 Å². The van der Waals surface area contributed by atoms with E-state index in [-0.39, 0.29) is 6.61 Å². The van der Waals surface area contributed by atoms with Gasteiger partial charge in [0.1, 0.15) is 11.9 Å². The molecule has 4 nitrogen and oxygen atoms in total. The molecule has 90 valence electrons. The Morgan fingerprint density at radius 1 is 1.62 bits per heavy atom. The summed E-state index contributed by atoms with van der Waals surface area (Å²) in [6, 6.07) is -0.820. The second-order valence-electron chi connectivity index (χ2n) is 3.91. The Kier molecular flexibility index (Phi) is 3.38. The monoisotopic (exact) mass is 231 g/mol. The predicted molar refractivity (Wildman–Crippen MR) is 55.8 cm³/mol. The third kappa shape index (κ3) is 2.02. The predicted octanol–water partition coefficient (Wildman–Crippen LogP) is 1.43. The van der Waals surface area contributed by atoms with Gasteiger partial charge in [0.25, 0.3) is 6.43 Å². The number of nitrogens with one attached hydrogen (secondary N) is 1. The van der Waals surface area contributed by atoms with Crippen LogP contribution in [0.25, 0.3) is 0 Å². The van der Waals surface area contributed by atoms with E-state index in [2.05, 4.69) is 10.4 Å². The van der Waals surface area contributed by atoms with Gasteiger partial charge in [-0.15, -0.1) is 0 Å². The maximum atomic E-state index is 12.7. The van der Waals surface area contributed by atoms with Gasteiger partial charge in [-0.25, -0.2) is 13.5 Å². The zero-order chi connectivity index (χ0) is 11.5. The fraction of sp³-hybridized carbons (Fsp3) is 0.700. The van der Waals surface area contributed by atoms with Crippen LogP contribution in [0.5, 0.6) is 0 Å². The lowest BCUT2D eigenvalue weighted by Crippen LogP contribution is -2.28. The molecule has 1 atom stereocenters. The van der Waals surface area contributed by atoms with E-state index in [0.717, 1.165) is 5.56 Å². The van der Waals surface area contributed by atoms with Gasteiger partial charge in [0.05, 0.1) is 6.20 Å². The summed E-state index contributed by atoms with van der Waals surface area (Å²) in [7, 11) is 0. The summed E-state index contributed by atoms with van der Waals surface area (Å²) in [6.07, 6.45) is 0.908. The molecule has 2 rings (SSSR count). The Hall–Kier alpha value is -1.17. The van der Waals surface area contributed by atoms with Crippen molar-refractivity contribution >= 4 is 5.82 Å². The lowest BCUT2D eigenvalue weighted by atomic mass is 10.1. The fourth-order valence-corrected chi connectivity index (χ4v) is 1.99. The Morgan fingerprint density at radius 3 is 3.12 bits per heavy atom. The molecule has 0 radical (unpaired) electrons. The van der Waals surface area contributed by atoms with E-state index in [4.69, 9.17) is 5.11 Å². The Balaban J connectivity index is 2.20. The second kappa shape index (κ2) is 4.78. The zero-order valence-corrected chi connectivity index (χ0v) is 8.87. The average Bonchev–Trinajstić information content (AvgIpc) is 2.69. The van der Waals surface area contributed by atoms with Crippen LogP contribution in [0.1, 0.15) is 24.4 Å². The summed E-state index contributed by atoms with van der Waals surface area (Å²) in [5.74, 6) is 0.685. The molecule has 1 aliphatic heterocycles. The van der Waals surface area contributed by atoms with Gasteiger partial charge in [-0.3, -0.25) is 0 Å². The quantitative estimate of drug-likeness (QED) is 0.824. The molecule has 0 bridgehead atoms. The third-order valence-corrected chi connectivity index (χ3v) is 2.81. The minimum Gasteiger partial charge on any atom is -0.396 e. The molecule has 1 unspecified atom stereocenters. The van der Waals surface area contributed by atoms with Crippen molar-refractivity contribution in [1.82, 2.24) is 9.78 Å². The molecule has 0 spiro atoms. The minimum absolute atomic E-state index is 0.100. The van der Waals surface area contributed by atoms with Crippen molar-refractivity contribution < 1.29 is 13.9 Å². The highest BCUT2D eigenvalue weighted by Gasteiger charge is 2.29. The number of nitrogens with zero attached hydrogens (tertiary/aromatic N) is 2. The van der Waals surface area contributed by atoms with Crippen LogP contribution in [0.15, 0.2) is 6.20 Å². The SMILES string of the molecule is OCCCc1cnn2c1NCCC2C(F)F. The first kappa shape index (κ1) is 11.3. The molecule has 16 heavy (non-hydrogen) atoms. The number of aliphatic hydroxyl groups is 1.